The second-order valence-electron chi connectivity index (χ2n) is 7.45. The number of hydrogen-bond acceptors (Lipinski definition) is 2. The topological polar surface area (TPSA) is 12.0 Å². The van der Waals surface area contributed by atoms with Gasteiger partial charge in [0.15, 0.2) is 0 Å². The number of rotatable bonds is 8. The Morgan fingerprint density at radius 1 is 1.18 bits per heavy atom. The molecular weight excluding hydrogens is 358 g/mol. The minimum atomic E-state index is 0.955. The second-order valence-corrected chi connectivity index (χ2v) is 7.97. The van der Waals surface area contributed by atoms with E-state index in [0.29, 0.717) is 0 Å². The molecule has 0 saturated carbocycles. The van der Waals surface area contributed by atoms with Crippen molar-refractivity contribution in [2.45, 2.75) is 59.8 Å². The summed E-state index contributed by atoms with van der Waals surface area (Å²) in [6, 6.07) is 6.51. The Hall–Kier alpha value is -2.19. The van der Waals surface area contributed by atoms with E-state index in [0.717, 1.165) is 53.8 Å². The van der Waals surface area contributed by atoms with Gasteiger partial charge in [-0.15, -0.1) is 0 Å². The quantitative estimate of drug-likeness (QED) is 0.371. The Balaban J connectivity index is 2.13. The van der Waals surface area contributed by atoms with Gasteiger partial charge in [0.25, 0.3) is 0 Å². The molecular formula is C26H33NS. The minimum Gasteiger partial charge on any atom is -0.359 e. The van der Waals surface area contributed by atoms with Gasteiger partial charge in [-0.25, -0.2) is 0 Å². The van der Waals surface area contributed by atoms with E-state index in [9.17, 15) is 0 Å². The van der Waals surface area contributed by atoms with Gasteiger partial charge in [-0.2, -0.15) is 0 Å². The molecule has 0 saturated heterocycles. The normalized spacial score (nSPS) is 15.7. The second kappa shape index (κ2) is 11.0. The van der Waals surface area contributed by atoms with Crippen LogP contribution in [-0.2, 0) is 6.42 Å². The fourth-order valence-corrected chi connectivity index (χ4v) is 3.88. The lowest BCUT2D eigenvalue weighted by atomic mass is 9.95. The van der Waals surface area contributed by atoms with Crippen molar-refractivity contribution in [1.82, 2.24) is 5.32 Å². The molecule has 0 aliphatic heterocycles. The molecule has 0 atom stereocenters. The van der Waals surface area contributed by atoms with Crippen LogP contribution in [0.15, 0.2) is 77.7 Å². The molecule has 0 bridgehead atoms. The van der Waals surface area contributed by atoms with Gasteiger partial charge in [0.2, 0.25) is 0 Å². The summed E-state index contributed by atoms with van der Waals surface area (Å²) in [4.78, 5) is 1.04. The zero-order valence-electron chi connectivity index (χ0n) is 17.8. The van der Waals surface area contributed by atoms with Crippen molar-refractivity contribution in [3.63, 3.8) is 0 Å². The van der Waals surface area contributed by atoms with Gasteiger partial charge < -0.3 is 5.32 Å². The summed E-state index contributed by atoms with van der Waals surface area (Å²) in [5.74, 6) is 0. The number of aryl methyl sites for hydroxylation is 2. The predicted molar refractivity (Wildman–Crippen MR) is 128 cm³/mol. The van der Waals surface area contributed by atoms with Crippen molar-refractivity contribution in [3.8, 4) is 0 Å². The Kier molecular flexibility index (Phi) is 8.66. The van der Waals surface area contributed by atoms with Crippen molar-refractivity contribution in [2.75, 3.05) is 0 Å². The zero-order chi connectivity index (χ0) is 20.5. The molecule has 2 heteroatoms. The number of nitrogens with one attached hydrogen (secondary N) is 1. The lowest BCUT2D eigenvalue weighted by Crippen LogP contribution is -2.18. The van der Waals surface area contributed by atoms with Crippen LogP contribution in [0.5, 0.6) is 0 Å². The van der Waals surface area contributed by atoms with Crippen molar-refractivity contribution in [2.24, 2.45) is 0 Å². The van der Waals surface area contributed by atoms with Crippen molar-refractivity contribution >= 4 is 17.1 Å². The Morgan fingerprint density at radius 3 is 2.50 bits per heavy atom. The average molecular weight is 392 g/mol. The number of hydrogen-bond donors (Lipinski definition) is 1. The summed E-state index contributed by atoms with van der Waals surface area (Å²) in [6.07, 6.45) is 15.9. The summed E-state index contributed by atoms with van der Waals surface area (Å²) < 4.78 is 0. The summed E-state index contributed by atoms with van der Waals surface area (Å²) >= 11 is 5.38. The summed E-state index contributed by atoms with van der Waals surface area (Å²) in [5, 5.41) is 3.59. The fourth-order valence-electron chi connectivity index (χ4n) is 3.59. The van der Waals surface area contributed by atoms with E-state index in [1.54, 1.807) is 0 Å². The lowest BCUT2D eigenvalue weighted by Gasteiger charge is -2.19. The molecule has 0 fully saturated rings. The molecule has 1 aromatic carbocycles. The van der Waals surface area contributed by atoms with Crippen LogP contribution in [-0.4, -0.2) is 4.86 Å². The highest BCUT2D eigenvalue weighted by atomic mass is 32.1. The van der Waals surface area contributed by atoms with Crippen LogP contribution >= 0.6 is 12.2 Å². The molecule has 0 radical (unpaired) electrons. The minimum absolute atomic E-state index is 0.955. The van der Waals surface area contributed by atoms with Crippen LogP contribution in [0.1, 0.15) is 56.2 Å². The maximum atomic E-state index is 5.38. The molecule has 1 nitrogen and oxygen atoms in total. The van der Waals surface area contributed by atoms with Gasteiger partial charge in [0.1, 0.15) is 0 Å². The standard InChI is InChI=1S/C26H33NS/c1-6-10-22(26(7-2)27-23-13-9-14-24(28)18-23)17-19(3)15-16-25-20(4)11-8-12-21(25)5/h6-8,10-12,17-18,27H,3,9,13-16H2,1-2,4-5H3/b10-6-,22-17+,26-7-. The lowest BCUT2D eigenvalue weighted by molar-refractivity contribution is 0.778. The first-order chi connectivity index (χ1) is 13.4. The van der Waals surface area contributed by atoms with Gasteiger partial charge in [-0.05, 0) is 88.1 Å². The van der Waals surface area contributed by atoms with E-state index in [1.165, 1.54) is 22.4 Å². The molecule has 1 N–H and O–H groups in total. The molecule has 0 spiro atoms. The van der Waals surface area contributed by atoms with Crippen LogP contribution < -0.4 is 5.32 Å². The molecule has 1 aromatic rings. The number of thiocarbonyl (C=S) groups is 1. The van der Waals surface area contributed by atoms with Crippen LogP contribution in [0.3, 0.4) is 0 Å². The van der Waals surface area contributed by atoms with E-state index in [2.05, 4.69) is 88.2 Å². The third kappa shape index (κ3) is 6.45. The molecule has 0 heterocycles. The van der Waals surface area contributed by atoms with E-state index in [-0.39, 0.29) is 0 Å². The van der Waals surface area contributed by atoms with Gasteiger partial charge in [0.05, 0.1) is 0 Å². The van der Waals surface area contributed by atoms with Crippen LogP contribution in [0.2, 0.25) is 0 Å². The molecule has 2 rings (SSSR count). The van der Waals surface area contributed by atoms with Crippen molar-refractivity contribution < 1.29 is 0 Å². The van der Waals surface area contributed by atoms with Crippen molar-refractivity contribution in [3.05, 3.63) is 94.4 Å². The van der Waals surface area contributed by atoms with E-state index in [4.69, 9.17) is 12.2 Å². The monoisotopic (exact) mass is 391 g/mol. The fraction of sp³-hybridized carbons (Fsp3) is 0.346. The Bertz CT molecular complexity index is 829. The smallest absolute Gasteiger partial charge is 0.0412 e. The third-order valence-corrected chi connectivity index (χ3v) is 5.47. The first-order valence-corrected chi connectivity index (χ1v) is 10.6. The van der Waals surface area contributed by atoms with Crippen LogP contribution in [0.25, 0.3) is 0 Å². The molecule has 0 unspecified atom stereocenters. The SMILES string of the molecule is C=C(/C=C(\C=C/C)C(=C/C)/NC1=CC(=S)CCC1)CCc1c(C)cccc1C. The molecule has 28 heavy (non-hydrogen) atoms. The van der Waals surface area contributed by atoms with Crippen LogP contribution in [0.4, 0.5) is 0 Å². The zero-order valence-corrected chi connectivity index (χ0v) is 18.6. The summed E-state index contributed by atoms with van der Waals surface area (Å²) in [5.41, 5.74) is 8.79. The first kappa shape index (κ1) is 22.1. The van der Waals surface area contributed by atoms with Crippen molar-refractivity contribution in [1.29, 1.82) is 0 Å². The number of allylic oxidation sites excluding steroid dienone is 7. The first-order valence-electron chi connectivity index (χ1n) is 10.2. The molecule has 148 valence electrons. The third-order valence-electron chi connectivity index (χ3n) is 5.15. The average Bonchev–Trinajstić information content (AvgIpc) is 2.65. The summed E-state index contributed by atoms with van der Waals surface area (Å²) in [7, 11) is 0. The maximum absolute atomic E-state index is 5.38. The molecule has 0 aromatic heterocycles. The molecule has 0 amide bonds. The highest BCUT2D eigenvalue weighted by Crippen LogP contribution is 2.22. The molecule has 1 aliphatic carbocycles. The Morgan fingerprint density at radius 2 is 1.89 bits per heavy atom. The van der Waals surface area contributed by atoms with Gasteiger partial charge in [-0.3, -0.25) is 0 Å². The molecule has 1 aliphatic rings. The van der Waals surface area contributed by atoms with E-state index in [1.807, 2.05) is 0 Å². The van der Waals surface area contributed by atoms with Gasteiger partial charge in [0, 0.05) is 16.3 Å². The highest BCUT2D eigenvalue weighted by Gasteiger charge is 2.10. The predicted octanol–water partition coefficient (Wildman–Crippen LogP) is 7.23. The van der Waals surface area contributed by atoms with Gasteiger partial charge in [-0.1, -0.05) is 66.9 Å². The maximum Gasteiger partial charge on any atom is 0.0412 e. The number of benzene rings is 1. The van der Waals surface area contributed by atoms with Crippen LogP contribution in [0, 0.1) is 13.8 Å². The van der Waals surface area contributed by atoms with Gasteiger partial charge >= 0.3 is 0 Å². The largest absolute Gasteiger partial charge is 0.359 e. The van der Waals surface area contributed by atoms with E-state index >= 15 is 0 Å². The highest BCUT2D eigenvalue weighted by molar-refractivity contribution is 7.80. The van der Waals surface area contributed by atoms with E-state index < -0.39 is 0 Å². The summed E-state index contributed by atoms with van der Waals surface area (Å²) in [6.45, 7) is 12.8. The Labute approximate surface area is 176 Å².